The van der Waals surface area contributed by atoms with Crippen LogP contribution in [0.3, 0.4) is 0 Å². The predicted octanol–water partition coefficient (Wildman–Crippen LogP) is -3.96. The molecule has 2 fully saturated rings. The van der Waals surface area contributed by atoms with E-state index in [2.05, 4.69) is 10.6 Å². The van der Waals surface area contributed by atoms with Gasteiger partial charge in [-0.1, -0.05) is 7.43 Å². The molecule has 0 saturated carbocycles. The van der Waals surface area contributed by atoms with Crippen LogP contribution in [0.2, 0.25) is 0 Å². The Labute approximate surface area is 282 Å². The number of phosphoric acid groups is 1. The topological polar surface area (TPSA) is 327 Å². The van der Waals surface area contributed by atoms with Crippen LogP contribution in [0, 0.1) is 0 Å². The molecule has 286 valence electrons. The number of aliphatic hydroxyl groups is 6. The Bertz CT molecular complexity index is 1140. The Hall–Kier alpha value is -2.37. The third-order valence-corrected chi connectivity index (χ3v) is 7.45. The molecular weight excluding hydrogens is 687 g/mol. The number of carbonyl (C=O) groups is 4. The average Bonchev–Trinajstić information content (AvgIpc) is 2.92. The summed E-state index contributed by atoms with van der Waals surface area (Å²) in [6, 6.07) is -3.23. The van der Waals surface area contributed by atoms with Crippen molar-refractivity contribution in [3.8, 4) is 0 Å². The first kappa shape index (κ1) is 44.7. The molecule has 0 aromatic heterocycles. The van der Waals surface area contributed by atoms with Crippen LogP contribution in [0.4, 0.5) is 0 Å². The second-order valence-electron chi connectivity index (χ2n) is 11.5. The first-order valence-electron chi connectivity index (χ1n) is 14.8. The van der Waals surface area contributed by atoms with Gasteiger partial charge < -0.3 is 74.7 Å². The van der Waals surface area contributed by atoms with Crippen molar-refractivity contribution in [2.45, 2.75) is 134 Å². The normalized spacial score (nSPS) is 32.1. The van der Waals surface area contributed by atoms with Gasteiger partial charge in [0.05, 0.1) is 44.7 Å². The van der Waals surface area contributed by atoms with Crippen molar-refractivity contribution in [1.82, 2.24) is 10.6 Å². The van der Waals surface area contributed by atoms with Crippen LogP contribution in [0.25, 0.3) is 0 Å². The quantitative estimate of drug-likeness (QED) is 0.0534. The summed E-state index contributed by atoms with van der Waals surface area (Å²) >= 11 is 0. The molecule has 49 heavy (non-hydrogen) atoms. The number of nitrogens with one attached hydrogen (secondary N) is 2. The second kappa shape index (κ2) is 19.9. The number of amides is 2. The number of hydrogen-bond acceptors (Lipinski definition) is 17. The molecule has 0 bridgehead atoms. The van der Waals surface area contributed by atoms with Crippen molar-refractivity contribution in [3.63, 3.8) is 0 Å². The molecule has 0 aromatic carbocycles. The largest absolute Gasteiger partial charge is 0.470 e. The molecule has 0 radical (unpaired) electrons. The van der Waals surface area contributed by atoms with Gasteiger partial charge in [-0.05, 0) is 20.8 Å². The van der Waals surface area contributed by atoms with Gasteiger partial charge in [0.25, 0.3) is 0 Å². The van der Waals surface area contributed by atoms with Crippen LogP contribution < -0.4 is 10.6 Å². The molecule has 0 aromatic rings. The van der Waals surface area contributed by atoms with E-state index < -0.39 is 137 Å². The van der Waals surface area contributed by atoms with E-state index in [9.17, 15) is 64.2 Å². The summed E-state index contributed by atoms with van der Waals surface area (Å²) < 4.78 is 43.6. The Morgan fingerprint density at radius 3 is 1.94 bits per heavy atom. The van der Waals surface area contributed by atoms with Gasteiger partial charge in [0, 0.05) is 6.92 Å². The van der Waals surface area contributed by atoms with Gasteiger partial charge in [0.2, 0.25) is 11.8 Å². The number of hydrogen-bond donors (Lipinski definition) is 10. The van der Waals surface area contributed by atoms with Crippen molar-refractivity contribution in [3.05, 3.63) is 0 Å². The van der Waals surface area contributed by atoms with Crippen LogP contribution in [0.15, 0.2) is 0 Å². The number of esters is 2. The summed E-state index contributed by atoms with van der Waals surface area (Å²) in [6.07, 6.45) is -19.1. The predicted molar refractivity (Wildman–Crippen MR) is 160 cm³/mol. The molecule has 10 N–H and O–H groups in total. The van der Waals surface area contributed by atoms with Gasteiger partial charge in [-0.2, -0.15) is 0 Å². The Kier molecular flexibility index (Phi) is 18.1. The van der Waals surface area contributed by atoms with E-state index >= 15 is 0 Å². The molecule has 2 aliphatic heterocycles. The number of carbonyl (C=O) groups excluding carboxylic acids is 4. The molecule has 2 amide bonds. The summed E-state index contributed by atoms with van der Waals surface area (Å²) in [5.74, 6) is -3.48. The van der Waals surface area contributed by atoms with Gasteiger partial charge in [-0.15, -0.1) is 0 Å². The minimum Gasteiger partial charge on any atom is -0.462 e. The van der Waals surface area contributed by atoms with E-state index in [0.29, 0.717) is 0 Å². The van der Waals surface area contributed by atoms with Crippen molar-refractivity contribution in [2.75, 3.05) is 13.2 Å². The van der Waals surface area contributed by atoms with Crippen molar-refractivity contribution >= 4 is 31.6 Å². The molecule has 2 saturated heterocycles. The fourth-order valence-corrected chi connectivity index (χ4v) is 5.56. The summed E-state index contributed by atoms with van der Waals surface area (Å²) in [4.78, 5) is 68.2. The van der Waals surface area contributed by atoms with Crippen LogP contribution in [-0.4, -0.2) is 157 Å². The molecule has 2 aliphatic rings. The van der Waals surface area contributed by atoms with E-state index in [4.69, 9.17) is 28.2 Å². The lowest BCUT2D eigenvalue weighted by Crippen LogP contribution is -2.67. The molecule has 2 rings (SSSR count). The van der Waals surface area contributed by atoms with Crippen LogP contribution >= 0.6 is 7.82 Å². The molecule has 0 aliphatic carbocycles. The molecule has 4 unspecified atom stereocenters. The maximum atomic E-state index is 13.0. The Morgan fingerprint density at radius 1 is 0.837 bits per heavy atom. The fraction of sp³-hybridized carbons (Fsp3) is 0.852. The summed E-state index contributed by atoms with van der Waals surface area (Å²) in [5.41, 5.74) is 0. The number of aliphatic hydroxyl groups excluding tert-OH is 6. The number of rotatable bonds is 16. The highest BCUT2D eigenvalue weighted by Gasteiger charge is 2.53. The third-order valence-electron chi connectivity index (χ3n) is 6.94. The standard InChI is InChI=1S/C26H45N2O19P.CH4/c1-10(30)5-16(33)27-19-22(37)21(36)15(44-25(19)38)9-42-26-20(28-17(34)7-12(3)43-13(4)32)24(46-18(35)6-11(2)31)23(14(8-29)45-26)47-48(39,40)41;/h10-12,14-15,19-26,29-31,36-38H,5-9H2,1-4H3,(H,27,33)(H,28,34)(H2,39,40,41);1H4/t10-,11-,12-,14?,15?,19?,20?,21-,22-,23-,24-,25+,26-;/m1./s1. The van der Waals surface area contributed by atoms with Crippen LogP contribution in [0.5, 0.6) is 0 Å². The fourth-order valence-electron chi connectivity index (χ4n) is 4.99. The van der Waals surface area contributed by atoms with Gasteiger partial charge in [0.1, 0.15) is 48.7 Å². The zero-order chi connectivity index (χ0) is 36.5. The highest BCUT2D eigenvalue weighted by atomic mass is 31.2. The van der Waals surface area contributed by atoms with Gasteiger partial charge in [0.15, 0.2) is 18.7 Å². The van der Waals surface area contributed by atoms with E-state index in [-0.39, 0.29) is 13.8 Å². The van der Waals surface area contributed by atoms with Gasteiger partial charge >= 0.3 is 19.8 Å². The first-order valence-corrected chi connectivity index (χ1v) is 16.4. The number of ether oxygens (including phenoxy) is 5. The van der Waals surface area contributed by atoms with Crippen molar-refractivity contribution in [2.24, 2.45) is 0 Å². The lowest BCUT2D eigenvalue weighted by Gasteiger charge is -2.46. The first-order chi connectivity index (χ1) is 22.2. The summed E-state index contributed by atoms with van der Waals surface area (Å²) in [6.45, 7) is 3.30. The Morgan fingerprint density at radius 2 is 1.41 bits per heavy atom. The molecule has 13 atom stereocenters. The van der Waals surface area contributed by atoms with Gasteiger partial charge in [-0.25, -0.2) is 4.57 Å². The average molecular weight is 737 g/mol. The molecule has 21 nitrogen and oxygen atoms in total. The maximum Gasteiger partial charge on any atom is 0.470 e. The molecule has 2 heterocycles. The minimum absolute atomic E-state index is 0. The van der Waals surface area contributed by atoms with Crippen LogP contribution in [-0.2, 0) is 52.0 Å². The summed E-state index contributed by atoms with van der Waals surface area (Å²) in [7, 11) is -5.39. The van der Waals surface area contributed by atoms with Gasteiger partial charge in [-0.3, -0.25) is 23.7 Å². The number of phosphoric ester groups is 1. The van der Waals surface area contributed by atoms with E-state index in [1.54, 1.807) is 0 Å². The third kappa shape index (κ3) is 14.4. The molecular formula is C27H49N2O19P. The molecule has 0 spiro atoms. The Balaban J connectivity index is 0.0000120. The highest BCUT2D eigenvalue weighted by Crippen LogP contribution is 2.42. The van der Waals surface area contributed by atoms with Crippen molar-refractivity contribution < 1.29 is 92.4 Å². The molecule has 22 heteroatoms. The smallest absolute Gasteiger partial charge is 0.462 e. The van der Waals surface area contributed by atoms with E-state index in [1.165, 1.54) is 20.8 Å². The van der Waals surface area contributed by atoms with Crippen LogP contribution in [0.1, 0.15) is 54.4 Å². The van der Waals surface area contributed by atoms with Crippen molar-refractivity contribution in [1.29, 1.82) is 0 Å². The lowest BCUT2D eigenvalue weighted by atomic mass is 9.95. The monoisotopic (exact) mass is 736 g/mol. The highest BCUT2D eigenvalue weighted by molar-refractivity contribution is 7.46. The summed E-state index contributed by atoms with van der Waals surface area (Å²) in [5, 5.41) is 65.5. The zero-order valence-electron chi connectivity index (χ0n) is 26.6. The lowest BCUT2D eigenvalue weighted by molar-refractivity contribution is -0.297. The van der Waals surface area contributed by atoms with E-state index in [0.717, 1.165) is 6.92 Å². The zero-order valence-corrected chi connectivity index (χ0v) is 27.5. The van der Waals surface area contributed by atoms with E-state index in [1.807, 2.05) is 0 Å². The maximum absolute atomic E-state index is 13.0. The second-order valence-corrected chi connectivity index (χ2v) is 12.7. The minimum atomic E-state index is -5.39. The SMILES string of the molecule is C.CC(=O)O[C@H](C)CC(=O)NC1[C@H](OCC2O[C@H](O)C(NC(=O)C[C@@H](C)O)[C@@H](O)[C@@H]2O)OC(CO)[C@@H](OP(=O)(O)O)[C@@H]1OC(=O)C[C@@H](C)O.